The second kappa shape index (κ2) is 4.91. The Morgan fingerprint density at radius 1 is 1.50 bits per heavy atom. The third-order valence-corrected chi connectivity index (χ3v) is 2.67. The first-order valence-corrected chi connectivity index (χ1v) is 5.52. The van der Waals surface area contributed by atoms with E-state index in [4.69, 9.17) is 0 Å². The number of hydrogen-bond acceptors (Lipinski definition) is 4. The fraction of sp³-hybridized carbons (Fsp3) is 0.364. The van der Waals surface area contributed by atoms with Crippen LogP contribution in [0.2, 0.25) is 0 Å². The summed E-state index contributed by atoms with van der Waals surface area (Å²) in [6, 6.07) is 1.40. The number of amides is 2. The van der Waals surface area contributed by atoms with Gasteiger partial charge in [-0.1, -0.05) is 5.16 Å². The van der Waals surface area contributed by atoms with Crippen LogP contribution in [0.3, 0.4) is 0 Å². The predicted octanol–water partition coefficient (Wildman–Crippen LogP) is 1.35. The molecule has 0 atom stereocenters. The highest BCUT2D eigenvalue weighted by atomic mass is 16.5. The molecule has 2 rings (SSSR count). The van der Waals surface area contributed by atoms with E-state index in [-0.39, 0.29) is 6.03 Å². The third-order valence-electron chi connectivity index (χ3n) is 2.67. The molecule has 0 unspecified atom stereocenters. The molecule has 0 saturated heterocycles. The van der Waals surface area contributed by atoms with Crippen molar-refractivity contribution in [2.24, 2.45) is 7.05 Å². The normalized spacial score (nSPS) is 10.4. The van der Waals surface area contributed by atoms with Crippen molar-refractivity contribution >= 4 is 11.7 Å². The molecule has 0 fully saturated rings. The van der Waals surface area contributed by atoms with Gasteiger partial charge in [-0.2, -0.15) is 5.10 Å². The topological polar surface area (TPSA) is 85.0 Å². The minimum Gasteiger partial charge on any atom is -0.364 e. The average Bonchev–Trinajstić information content (AvgIpc) is 2.92. The van der Waals surface area contributed by atoms with Crippen LogP contribution in [0.1, 0.15) is 17.1 Å². The van der Waals surface area contributed by atoms with Crippen molar-refractivity contribution in [3.8, 4) is 0 Å². The van der Waals surface area contributed by atoms with Gasteiger partial charge in [0, 0.05) is 13.1 Å². The lowest BCUT2D eigenvalue weighted by molar-refractivity contribution is 0.251. The van der Waals surface area contributed by atoms with Crippen LogP contribution in [0.25, 0.3) is 0 Å². The molecule has 0 aliphatic heterocycles. The first kappa shape index (κ1) is 12.2. The Hall–Kier alpha value is -2.31. The molecule has 0 saturated carbocycles. The number of carbonyl (C=O) groups is 1. The fourth-order valence-corrected chi connectivity index (χ4v) is 1.61. The van der Waals surface area contributed by atoms with Gasteiger partial charge in [-0.3, -0.25) is 4.68 Å². The van der Waals surface area contributed by atoms with Gasteiger partial charge >= 0.3 is 6.03 Å². The maximum Gasteiger partial charge on any atom is 0.319 e. The quantitative estimate of drug-likeness (QED) is 0.859. The van der Waals surface area contributed by atoms with E-state index in [1.54, 1.807) is 10.7 Å². The predicted molar refractivity (Wildman–Crippen MR) is 65.0 cm³/mol. The lowest BCUT2D eigenvalue weighted by atomic mass is 10.3. The summed E-state index contributed by atoms with van der Waals surface area (Å²) >= 11 is 0. The third kappa shape index (κ3) is 2.50. The molecule has 96 valence electrons. The fourth-order valence-electron chi connectivity index (χ4n) is 1.61. The van der Waals surface area contributed by atoms with Gasteiger partial charge in [0.15, 0.2) is 0 Å². The van der Waals surface area contributed by atoms with E-state index < -0.39 is 0 Å². The molecule has 2 N–H and O–H groups in total. The Balaban J connectivity index is 1.95. The van der Waals surface area contributed by atoms with Gasteiger partial charge in [0.05, 0.1) is 23.6 Å². The van der Waals surface area contributed by atoms with Crippen LogP contribution in [0.4, 0.5) is 10.5 Å². The molecule has 18 heavy (non-hydrogen) atoms. The number of nitrogens with zero attached hydrogens (tertiary/aromatic N) is 3. The van der Waals surface area contributed by atoms with Gasteiger partial charge in [-0.15, -0.1) is 0 Å². The Kier molecular flexibility index (Phi) is 3.31. The zero-order valence-electron chi connectivity index (χ0n) is 10.5. The van der Waals surface area contributed by atoms with Crippen molar-refractivity contribution in [2.75, 3.05) is 5.32 Å². The van der Waals surface area contributed by atoms with Gasteiger partial charge in [0.25, 0.3) is 0 Å². The van der Waals surface area contributed by atoms with E-state index in [9.17, 15) is 4.79 Å². The van der Waals surface area contributed by atoms with Crippen molar-refractivity contribution < 1.29 is 9.32 Å². The molecule has 0 aliphatic rings. The first-order valence-electron chi connectivity index (χ1n) is 5.52. The van der Waals surface area contributed by atoms with E-state index in [0.29, 0.717) is 12.2 Å². The van der Waals surface area contributed by atoms with E-state index in [1.807, 2.05) is 20.9 Å². The van der Waals surface area contributed by atoms with Gasteiger partial charge < -0.3 is 15.2 Å². The summed E-state index contributed by atoms with van der Waals surface area (Å²) in [5.41, 5.74) is 3.09. The van der Waals surface area contributed by atoms with Gasteiger partial charge in [0.1, 0.15) is 12.0 Å². The number of carbonyl (C=O) groups excluding carboxylic acids is 1. The maximum atomic E-state index is 11.7. The molecule has 0 radical (unpaired) electrons. The Labute approximate surface area is 104 Å². The number of aromatic nitrogens is 3. The van der Waals surface area contributed by atoms with Crippen molar-refractivity contribution in [1.29, 1.82) is 0 Å². The van der Waals surface area contributed by atoms with Crippen LogP contribution in [-0.2, 0) is 13.6 Å². The zero-order chi connectivity index (χ0) is 13.1. The second-order valence-corrected chi connectivity index (χ2v) is 3.97. The van der Waals surface area contributed by atoms with E-state index in [0.717, 1.165) is 17.1 Å². The van der Waals surface area contributed by atoms with E-state index >= 15 is 0 Å². The molecule has 2 aromatic heterocycles. The highest BCUT2D eigenvalue weighted by molar-refractivity contribution is 5.90. The Morgan fingerprint density at radius 2 is 2.28 bits per heavy atom. The molecular formula is C11H15N5O2. The molecule has 0 aromatic carbocycles. The van der Waals surface area contributed by atoms with Crippen LogP contribution in [0.5, 0.6) is 0 Å². The standard InChI is InChI=1S/C11H15N5O2/c1-7-10(8(2)16(3)14-7)13-11(17)12-6-9-4-5-18-15-9/h4-5H,6H2,1-3H3,(H2,12,13,17). The van der Waals surface area contributed by atoms with Gasteiger partial charge in [-0.05, 0) is 13.8 Å². The van der Waals surface area contributed by atoms with Crippen LogP contribution < -0.4 is 10.6 Å². The van der Waals surface area contributed by atoms with Crippen LogP contribution in [0.15, 0.2) is 16.9 Å². The second-order valence-electron chi connectivity index (χ2n) is 3.97. The summed E-state index contributed by atoms with van der Waals surface area (Å²) < 4.78 is 6.40. The minimum atomic E-state index is -0.294. The number of aryl methyl sites for hydroxylation is 2. The van der Waals surface area contributed by atoms with E-state index in [1.165, 1.54) is 6.26 Å². The molecule has 0 bridgehead atoms. The molecule has 0 spiro atoms. The average molecular weight is 249 g/mol. The SMILES string of the molecule is Cc1nn(C)c(C)c1NC(=O)NCc1ccon1. The largest absolute Gasteiger partial charge is 0.364 e. The van der Waals surface area contributed by atoms with Crippen LogP contribution in [-0.4, -0.2) is 21.0 Å². The molecule has 2 amide bonds. The van der Waals surface area contributed by atoms with Gasteiger partial charge in [0.2, 0.25) is 0 Å². The number of urea groups is 1. The Morgan fingerprint density at radius 3 is 2.83 bits per heavy atom. The number of rotatable bonds is 3. The van der Waals surface area contributed by atoms with Crippen molar-refractivity contribution in [2.45, 2.75) is 20.4 Å². The summed E-state index contributed by atoms with van der Waals surface area (Å²) in [6.07, 6.45) is 1.46. The Bertz CT molecular complexity index is 544. The number of anilines is 1. The van der Waals surface area contributed by atoms with E-state index in [2.05, 4.69) is 25.4 Å². The molecule has 7 heteroatoms. The minimum absolute atomic E-state index is 0.294. The summed E-state index contributed by atoms with van der Waals surface area (Å²) in [4.78, 5) is 11.7. The molecule has 7 nitrogen and oxygen atoms in total. The maximum absolute atomic E-state index is 11.7. The van der Waals surface area contributed by atoms with Crippen LogP contribution >= 0.6 is 0 Å². The molecule has 0 aliphatic carbocycles. The molecule has 2 aromatic rings. The van der Waals surface area contributed by atoms with Gasteiger partial charge in [-0.25, -0.2) is 4.79 Å². The number of nitrogens with one attached hydrogen (secondary N) is 2. The molecule has 2 heterocycles. The monoisotopic (exact) mass is 249 g/mol. The summed E-state index contributed by atoms with van der Waals surface area (Å²) in [5.74, 6) is 0. The van der Waals surface area contributed by atoms with Crippen LogP contribution in [0, 0.1) is 13.8 Å². The smallest absolute Gasteiger partial charge is 0.319 e. The highest BCUT2D eigenvalue weighted by Gasteiger charge is 2.12. The van der Waals surface area contributed by atoms with Crippen molar-refractivity contribution in [3.05, 3.63) is 29.4 Å². The highest BCUT2D eigenvalue weighted by Crippen LogP contribution is 2.17. The number of hydrogen-bond donors (Lipinski definition) is 2. The summed E-state index contributed by atoms with van der Waals surface area (Å²) in [5, 5.41) is 13.4. The first-order chi connectivity index (χ1) is 8.58. The van der Waals surface area contributed by atoms with Crippen molar-refractivity contribution in [1.82, 2.24) is 20.3 Å². The lowest BCUT2D eigenvalue weighted by Gasteiger charge is -2.06. The summed E-state index contributed by atoms with van der Waals surface area (Å²) in [6.45, 7) is 4.06. The molecular weight excluding hydrogens is 234 g/mol. The zero-order valence-corrected chi connectivity index (χ0v) is 10.5. The van der Waals surface area contributed by atoms with Crippen molar-refractivity contribution in [3.63, 3.8) is 0 Å². The summed E-state index contributed by atoms with van der Waals surface area (Å²) in [7, 11) is 1.83. The lowest BCUT2D eigenvalue weighted by Crippen LogP contribution is -2.28.